The summed E-state index contributed by atoms with van der Waals surface area (Å²) in [6.45, 7) is 4.92. The Bertz CT molecular complexity index is 2760. The van der Waals surface area contributed by atoms with Crippen LogP contribution >= 0.6 is 23.2 Å². The maximum Gasteiger partial charge on any atom is 0.420 e. The minimum atomic E-state index is -4.82. The van der Waals surface area contributed by atoms with Gasteiger partial charge in [0.15, 0.2) is 0 Å². The SMILES string of the molecule is CC1CN(C(=O)C2CCN(C(=O)c3oc4c(C(F)(F)F)cc(C5CC5)cc4c3Cl)CC2)CCN1CC1CC1c1cc(C(F)(F)F)c2oc(C(=O)N3CCC(C(=O)N4CCC4C(=O)O)CC3)c(Cl)c2c1. The highest BCUT2D eigenvalue weighted by atomic mass is 35.5. The molecule has 4 unspecified atom stereocenters. The number of carbonyl (C=O) groups is 5. The molecule has 4 saturated heterocycles. The Kier molecular flexibility index (Phi) is 12.2. The molecule has 0 spiro atoms. The first-order valence-electron chi connectivity index (χ1n) is 23.5. The molecule has 6 fully saturated rings. The minimum absolute atomic E-state index is 0.0121. The normalized spacial score (nSPS) is 24.3. The van der Waals surface area contributed by atoms with Crippen molar-refractivity contribution in [2.24, 2.45) is 17.8 Å². The number of nitrogens with zero attached hydrogens (tertiary/aromatic N) is 5. The fourth-order valence-corrected chi connectivity index (χ4v) is 11.4. The fourth-order valence-electron chi connectivity index (χ4n) is 10.9. The second kappa shape index (κ2) is 17.7. The van der Waals surface area contributed by atoms with Gasteiger partial charge in [0.1, 0.15) is 17.2 Å². The number of furan rings is 2. The number of carboxylic acid groups (broad SMARTS) is 1. The Morgan fingerprint density at radius 1 is 0.652 bits per heavy atom. The number of hydrogen-bond acceptors (Lipinski definition) is 8. The number of rotatable bonds is 9. The minimum Gasteiger partial charge on any atom is -0.480 e. The fraction of sp³-hybridized carbons (Fsp3) is 0.562. The molecule has 4 amide bonds. The standard InChI is InChI=1S/C48H49Cl2F6N5O8/c1-23-21-60(42(62)25-4-9-57(10-5-25)44(64)40-36(49)31-16-27(24-2-3-24)19-33(38(31)68-40)47(51,52)53)15-14-59(23)22-29-18-30(29)28-17-32-37(50)41(69-39(32)34(20-28)48(54,55)56)45(65)58-11-6-26(7-12-58)43(63)61-13-8-35(61)46(66)67/h16-17,19-20,23-26,29-30,35H,2-15,18,21-22H2,1H3,(H,66,67). The van der Waals surface area contributed by atoms with Crippen molar-refractivity contribution in [3.63, 3.8) is 0 Å². The van der Waals surface area contributed by atoms with Gasteiger partial charge < -0.3 is 33.5 Å². The van der Waals surface area contributed by atoms with Crippen molar-refractivity contribution in [3.8, 4) is 0 Å². The van der Waals surface area contributed by atoms with Gasteiger partial charge in [-0.2, -0.15) is 26.3 Å². The summed E-state index contributed by atoms with van der Waals surface area (Å²) in [5.41, 5.74) is -2.08. The molecule has 13 nitrogen and oxygen atoms in total. The van der Waals surface area contributed by atoms with Crippen LogP contribution in [-0.4, -0.2) is 130 Å². The van der Waals surface area contributed by atoms with E-state index in [9.17, 15) is 55.4 Å². The Morgan fingerprint density at radius 3 is 1.62 bits per heavy atom. The lowest BCUT2D eigenvalue weighted by Gasteiger charge is -2.42. The quantitative estimate of drug-likeness (QED) is 0.162. The molecule has 0 radical (unpaired) electrons. The lowest BCUT2D eigenvalue weighted by atomic mass is 9.91. The molecule has 2 aromatic heterocycles. The van der Waals surface area contributed by atoms with Crippen LogP contribution in [0.5, 0.6) is 0 Å². The number of carbonyl (C=O) groups excluding carboxylic acids is 4. The van der Waals surface area contributed by atoms with Gasteiger partial charge in [0.05, 0.1) is 21.2 Å². The van der Waals surface area contributed by atoms with Crippen molar-refractivity contribution >= 4 is 74.7 Å². The molecule has 370 valence electrons. The molecular formula is C48H49Cl2F6N5O8. The zero-order chi connectivity index (χ0) is 49.0. The van der Waals surface area contributed by atoms with Gasteiger partial charge in [0, 0.05) is 87.6 Å². The third kappa shape index (κ3) is 8.93. The molecule has 69 heavy (non-hydrogen) atoms. The van der Waals surface area contributed by atoms with E-state index in [1.54, 1.807) is 17.0 Å². The van der Waals surface area contributed by atoms with E-state index >= 15 is 0 Å². The number of piperidine rings is 2. The number of fused-ring (bicyclic) bond motifs is 2. The third-order valence-corrected chi connectivity index (χ3v) is 16.0. The van der Waals surface area contributed by atoms with Crippen LogP contribution in [0.25, 0.3) is 21.9 Å². The summed E-state index contributed by atoms with van der Waals surface area (Å²) in [5, 5.41) is 8.99. The Hall–Kier alpha value is -5.01. The number of aliphatic carboxylic acids is 1. The van der Waals surface area contributed by atoms with E-state index in [-0.39, 0.29) is 107 Å². The zero-order valence-corrected chi connectivity index (χ0v) is 38.9. The lowest BCUT2D eigenvalue weighted by Crippen LogP contribution is -2.57. The molecule has 21 heteroatoms. The Labute approximate surface area is 401 Å². The van der Waals surface area contributed by atoms with Crippen molar-refractivity contribution in [2.45, 2.75) is 94.6 Å². The largest absolute Gasteiger partial charge is 0.480 e. The summed E-state index contributed by atoms with van der Waals surface area (Å²) in [7, 11) is 0. The van der Waals surface area contributed by atoms with Crippen LogP contribution in [0, 0.1) is 17.8 Å². The third-order valence-electron chi connectivity index (χ3n) is 15.3. The first-order chi connectivity index (χ1) is 32.7. The number of amides is 4. The van der Waals surface area contributed by atoms with E-state index in [1.165, 1.54) is 14.7 Å². The maximum absolute atomic E-state index is 14.6. The highest BCUT2D eigenvalue weighted by molar-refractivity contribution is 6.39. The van der Waals surface area contributed by atoms with E-state index in [0.717, 1.165) is 25.0 Å². The summed E-state index contributed by atoms with van der Waals surface area (Å²) >= 11 is 13.2. The molecule has 10 rings (SSSR count). The Balaban J connectivity index is 0.738. The van der Waals surface area contributed by atoms with Crippen LogP contribution in [0.2, 0.25) is 10.0 Å². The van der Waals surface area contributed by atoms with Gasteiger partial charge in [-0.3, -0.25) is 24.1 Å². The topological polar surface area (TPSA) is 148 Å². The Morgan fingerprint density at radius 2 is 1.16 bits per heavy atom. The molecule has 2 saturated carbocycles. The van der Waals surface area contributed by atoms with Gasteiger partial charge in [-0.05, 0) is 111 Å². The monoisotopic (exact) mass is 1010 g/mol. The number of alkyl halides is 6. The predicted molar refractivity (Wildman–Crippen MR) is 238 cm³/mol. The van der Waals surface area contributed by atoms with Crippen LogP contribution in [0.15, 0.2) is 33.1 Å². The molecule has 4 aliphatic heterocycles. The van der Waals surface area contributed by atoms with Gasteiger partial charge in [-0.15, -0.1) is 0 Å². The second-order valence-corrected chi connectivity index (χ2v) is 20.4. The van der Waals surface area contributed by atoms with Gasteiger partial charge in [0.25, 0.3) is 11.8 Å². The van der Waals surface area contributed by atoms with E-state index < -0.39 is 70.1 Å². The molecule has 1 N–H and O–H groups in total. The average Bonchev–Trinajstić information content (AvgIpc) is 4.23. The first-order valence-corrected chi connectivity index (χ1v) is 24.2. The summed E-state index contributed by atoms with van der Waals surface area (Å²) in [4.78, 5) is 73.6. The van der Waals surface area contributed by atoms with E-state index in [4.69, 9.17) is 32.0 Å². The van der Waals surface area contributed by atoms with Crippen molar-refractivity contribution in [3.05, 3.63) is 68.1 Å². The molecule has 6 aliphatic rings. The van der Waals surface area contributed by atoms with Gasteiger partial charge in [-0.25, -0.2) is 4.79 Å². The highest BCUT2D eigenvalue weighted by Gasteiger charge is 2.46. The van der Waals surface area contributed by atoms with Crippen LogP contribution in [-0.2, 0) is 26.7 Å². The number of halogens is 8. The van der Waals surface area contributed by atoms with Crippen molar-refractivity contribution in [1.82, 2.24) is 24.5 Å². The summed E-state index contributed by atoms with van der Waals surface area (Å²) in [6.07, 6.45) is -5.78. The number of benzene rings is 2. The zero-order valence-electron chi connectivity index (χ0n) is 37.4. The van der Waals surface area contributed by atoms with Crippen LogP contribution < -0.4 is 0 Å². The number of carboxylic acids is 1. The summed E-state index contributed by atoms with van der Waals surface area (Å²) in [6, 6.07) is 4.35. The van der Waals surface area contributed by atoms with Crippen LogP contribution in [0.3, 0.4) is 0 Å². The van der Waals surface area contributed by atoms with Gasteiger partial charge in [-0.1, -0.05) is 23.2 Å². The van der Waals surface area contributed by atoms with E-state index in [0.29, 0.717) is 69.5 Å². The van der Waals surface area contributed by atoms with Crippen molar-refractivity contribution < 1.29 is 64.3 Å². The maximum atomic E-state index is 14.6. The number of hydrogen-bond donors (Lipinski definition) is 1. The van der Waals surface area contributed by atoms with Crippen molar-refractivity contribution in [2.75, 3.05) is 58.9 Å². The molecular weight excluding hydrogens is 959 g/mol. The smallest absolute Gasteiger partial charge is 0.420 e. The predicted octanol–water partition coefficient (Wildman–Crippen LogP) is 9.13. The second-order valence-electron chi connectivity index (χ2n) is 19.7. The van der Waals surface area contributed by atoms with E-state index in [1.807, 2.05) is 6.92 Å². The van der Waals surface area contributed by atoms with Gasteiger partial charge in [0.2, 0.25) is 23.3 Å². The molecule has 4 aromatic rings. The van der Waals surface area contributed by atoms with Crippen LogP contribution in [0.1, 0.15) is 113 Å². The molecule has 4 atom stereocenters. The molecule has 6 heterocycles. The molecule has 0 bridgehead atoms. The molecule has 2 aromatic carbocycles. The summed E-state index contributed by atoms with van der Waals surface area (Å²) in [5.74, 6) is -4.55. The highest BCUT2D eigenvalue weighted by Crippen LogP contribution is 2.52. The number of likely N-dealkylation sites (tertiary alicyclic amines) is 3. The van der Waals surface area contributed by atoms with E-state index in [2.05, 4.69) is 4.90 Å². The first kappa shape index (κ1) is 47.7. The average molecular weight is 1010 g/mol. The van der Waals surface area contributed by atoms with Gasteiger partial charge >= 0.3 is 18.3 Å². The number of piperazine rings is 1. The van der Waals surface area contributed by atoms with Crippen LogP contribution in [0.4, 0.5) is 26.3 Å². The summed E-state index contributed by atoms with van der Waals surface area (Å²) < 4.78 is 97.2. The lowest BCUT2D eigenvalue weighted by molar-refractivity contribution is -0.160. The molecule has 2 aliphatic carbocycles. The van der Waals surface area contributed by atoms with Crippen molar-refractivity contribution in [1.29, 1.82) is 0 Å².